The van der Waals surface area contributed by atoms with E-state index in [4.69, 9.17) is 0 Å². The fraction of sp³-hybridized carbons (Fsp3) is 0.263. The first-order valence-corrected chi connectivity index (χ1v) is 7.64. The predicted molar refractivity (Wildman–Crippen MR) is 90.4 cm³/mol. The van der Waals surface area contributed by atoms with E-state index in [0.717, 1.165) is 11.1 Å². The topological polar surface area (TPSA) is 58.2 Å². The number of rotatable bonds is 6. The molecule has 2 aromatic rings. The Morgan fingerprint density at radius 2 is 1.09 bits per heavy atom. The molecular formula is C19H22N2O2. The molecule has 0 radical (unpaired) electrons. The van der Waals surface area contributed by atoms with Crippen molar-refractivity contribution in [3.63, 3.8) is 0 Å². The first-order chi connectivity index (χ1) is 11.0. The second-order valence-corrected chi connectivity index (χ2v) is 5.96. The quantitative estimate of drug-likeness (QED) is 0.806. The number of amides is 2. The minimum absolute atomic E-state index is 0.285. The lowest BCUT2D eigenvalue weighted by molar-refractivity contribution is -0.141. The summed E-state index contributed by atoms with van der Waals surface area (Å²) in [6, 6.07) is 19.2. The van der Waals surface area contributed by atoms with Crippen molar-refractivity contribution in [1.29, 1.82) is 0 Å². The third-order valence-corrected chi connectivity index (χ3v) is 3.73. The van der Waals surface area contributed by atoms with Crippen LogP contribution in [-0.2, 0) is 22.7 Å². The van der Waals surface area contributed by atoms with E-state index in [2.05, 4.69) is 10.6 Å². The average molecular weight is 310 g/mol. The molecule has 0 aliphatic heterocycles. The van der Waals surface area contributed by atoms with Crippen LogP contribution < -0.4 is 10.6 Å². The van der Waals surface area contributed by atoms with Gasteiger partial charge in [-0.2, -0.15) is 0 Å². The Hall–Kier alpha value is -2.62. The van der Waals surface area contributed by atoms with Gasteiger partial charge in [-0.25, -0.2) is 0 Å². The molecule has 0 aliphatic carbocycles. The molecule has 2 aromatic carbocycles. The van der Waals surface area contributed by atoms with Gasteiger partial charge in [0, 0.05) is 13.1 Å². The van der Waals surface area contributed by atoms with E-state index in [1.54, 1.807) is 13.8 Å². The van der Waals surface area contributed by atoms with Crippen LogP contribution in [0.25, 0.3) is 0 Å². The van der Waals surface area contributed by atoms with Gasteiger partial charge in [0.25, 0.3) is 0 Å². The Morgan fingerprint density at radius 3 is 1.43 bits per heavy atom. The Labute approximate surface area is 136 Å². The number of hydrogen-bond acceptors (Lipinski definition) is 2. The lowest BCUT2D eigenvalue weighted by atomic mass is 9.91. The summed E-state index contributed by atoms with van der Waals surface area (Å²) in [5.41, 5.74) is 0.881. The van der Waals surface area contributed by atoms with Crippen LogP contribution in [0.2, 0.25) is 0 Å². The highest BCUT2D eigenvalue weighted by Crippen LogP contribution is 2.16. The number of benzene rings is 2. The molecule has 0 fully saturated rings. The maximum absolute atomic E-state index is 12.3. The average Bonchev–Trinajstić information content (AvgIpc) is 2.59. The van der Waals surface area contributed by atoms with Gasteiger partial charge in [-0.3, -0.25) is 9.59 Å². The highest BCUT2D eigenvalue weighted by atomic mass is 16.2. The number of carbonyl (C=O) groups excluding carboxylic acids is 2. The largest absolute Gasteiger partial charge is 0.351 e. The third-order valence-electron chi connectivity index (χ3n) is 3.73. The van der Waals surface area contributed by atoms with Gasteiger partial charge in [-0.05, 0) is 25.0 Å². The first kappa shape index (κ1) is 16.7. The Morgan fingerprint density at radius 1 is 0.739 bits per heavy atom. The van der Waals surface area contributed by atoms with Gasteiger partial charge in [-0.15, -0.1) is 0 Å². The van der Waals surface area contributed by atoms with Crippen molar-refractivity contribution in [1.82, 2.24) is 10.6 Å². The van der Waals surface area contributed by atoms with E-state index in [-0.39, 0.29) is 11.8 Å². The monoisotopic (exact) mass is 310 g/mol. The van der Waals surface area contributed by atoms with Crippen LogP contribution in [-0.4, -0.2) is 11.8 Å². The van der Waals surface area contributed by atoms with Crippen LogP contribution in [0.3, 0.4) is 0 Å². The highest BCUT2D eigenvalue weighted by Gasteiger charge is 2.35. The van der Waals surface area contributed by atoms with Gasteiger partial charge < -0.3 is 10.6 Å². The molecule has 4 heteroatoms. The molecule has 0 saturated carbocycles. The van der Waals surface area contributed by atoms with Gasteiger partial charge in [0.15, 0.2) is 0 Å². The molecule has 2 N–H and O–H groups in total. The van der Waals surface area contributed by atoms with Crippen LogP contribution in [0.4, 0.5) is 0 Å². The maximum Gasteiger partial charge on any atom is 0.235 e. The minimum Gasteiger partial charge on any atom is -0.351 e. The summed E-state index contributed by atoms with van der Waals surface area (Å²) < 4.78 is 0. The second kappa shape index (κ2) is 7.58. The van der Waals surface area contributed by atoms with E-state index in [0.29, 0.717) is 13.1 Å². The summed E-state index contributed by atoms with van der Waals surface area (Å²) in [5.74, 6) is -0.571. The van der Waals surface area contributed by atoms with Crippen molar-refractivity contribution in [2.24, 2.45) is 5.41 Å². The zero-order valence-electron chi connectivity index (χ0n) is 13.5. The zero-order chi connectivity index (χ0) is 16.7. The maximum atomic E-state index is 12.3. The Bertz CT molecular complexity index is 594. The molecule has 0 aliphatic rings. The molecule has 120 valence electrons. The SMILES string of the molecule is CC(C)(C(=O)NCc1ccccc1)C(=O)NCc1ccccc1. The summed E-state index contributed by atoms with van der Waals surface area (Å²) in [6.45, 7) is 4.09. The van der Waals surface area contributed by atoms with E-state index < -0.39 is 5.41 Å². The van der Waals surface area contributed by atoms with Crippen LogP contribution in [0.15, 0.2) is 60.7 Å². The van der Waals surface area contributed by atoms with Crippen LogP contribution in [0.1, 0.15) is 25.0 Å². The molecule has 23 heavy (non-hydrogen) atoms. The van der Waals surface area contributed by atoms with Gasteiger partial charge in [-0.1, -0.05) is 60.7 Å². The summed E-state index contributed by atoms with van der Waals surface area (Å²) in [4.78, 5) is 24.6. The summed E-state index contributed by atoms with van der Waals surface area (Å²) in [5, 5.41) is 5.64. The van der Waals surface area contributed by atoms with Crippen LogP contribution in [0, 0.1) is 5.41 Å². The number of hydrogen-bond donors (Lipinski definition) is 2. The molecule has 0 saturated heterocycles. The molecule has 0 unspecified atom stereocenters. The van der Waals surface area contributed by atoms with Crippen LogP contribution >= 0.6 is 0 Å². The van der Waals surface area contributed by atoms with Crippen molar-refractivity contribution in [2.45, 2.75) is 26.9 Å². The number of carbonyl (C=O) groups is 2. The fourth-order valence-corrected chi connectivity index (χ4v) is 2.10. The second-order valence-electron chi connectivity index (χ2n) is 5.96. The van der Waals surface area contributed by atoms with E-state index in [9.17, 15) is 9.59 Å². The van der Waals surface area contributed by atoms with E-state index >= 15 is 0 Å². The van der Waals surface area contributed by atoms with Crippen molar-refractivity contribution < 1.29 is 9.59 Å². The van der Waals surface area contributed by atoms with Gasteiger partial charge >= 0.3 is 0 Å². The zero-order valence-corrected chi connectivity index (χ0v) is 13.5. The van der Waals surface area contributed by atoms with Crippen molar-refractivity contribution in [3.8, 4) is 0 Å². The standard InChI is InChI=1S/C19H22N2O2/c1-19(2,17(22)20-13-15-9-5-3-6-10-15)18(23)21-14-16-11-7-4-8-12-16/h3-12H,13-14H2,1-2H3,(H,20,22)(H,21,23). The number of nitrogens with one attached hydrogen (secondary N) is 2. The van der Waals surface area contributed by atoms with Crippen molar-refractivity contribution >= 4 is 11.8 Å². The molecule has 0 bridgehead atoms. The predicted octanol–water partition coefficient (Wildman–Crippen LogP) is 2.65. The van der Waals surface area contributed by atoms with Gasteiger partial charge in [0.2, 0.25) is 11.8 Å². The molecule has 0 atom stereocenters. The molecule has 0 heterocycles. The van der Waals surface area contributed by atoms with Crippen molar-refractivity contribution in [2.75, 3.05) is 0 Å². The summed E-state index contributed by atoms with van der Waals surface area (Å²) in [7, 11) is 0. The molecule has 0 aromatic heterocycles. The third kappa shape index (κ3) is 4.68. The minimum atomic E-state index is -1.12. The van der Waals surface area contributed by atoms with Crippen molar-refractivity contribution in [3.05, 3.63) is 71.8 Å². The van der Waals surface area contributed by atoms with E-state index in [1.165, 1.54) is 0 Å². The fourth-order valence-electron chi connectivity index (χ4n) is 2.10. The lowest BCUT2D eigenvalue weighted by Gasteiger charge is -2.22. The Kier molecular flexibility index (Phi) is 5.52. The Balaban J connectivity index is 1.88. The molecule has 2 amide bonds. The molecule has 2 rings (SSSR count). The highest BCUT2D eigenvalue weighted by molar-refractivity contribution is 6.04. The smallest absolute Gasteiger partial charge is 0.235 e. The molecule has 4 nitrogen and oxygen atoms in total. The first-order valence-electron chi connectivity index (χ1n) is 7.64. The lowest BCUT2D eigenvalue weighted by Crippen LogP contribution is -2.47. The van der Waals surface area contributed by atoms with Gasteiger partial charge in [0.1, 0.15) is 5.41 Å². The summed E-state index contributed by atoms with van der Waals surface area (Å²) >= 11 is 0. The van der Waals surface area contributed by atoms with Gasteiger partial charge in [0.05, 0.1) is 0 Å². The molecular weight excluding hydrogens is 288 g/mol. The van der Waals surface area contributed by atoms with Crippen LogP contribution in [0.5, 0.6) is 0 Å². The molecule has 0 spiro atoms. The summed E-state index contributed by atoms with van der Waals surface area (Å²) in [6.07, 6.45) is 0. The normalized spacial score (nSPS) is 10.9. The van der Waals surface area contributed by atoms with E-state index in [1.807, 2.05) is 60.7 Å².